The second-order valence-electron chi connectivity index (χ2n) is 2.50. The molecule has 0 saturated carbocycles. The fourth-order valence-electron chi connectivity index (χ4n) is 0.718. The zero-order valence-corrected chi connectivity index (χ0v) is 7.66. The number of thioether (sulfide) groups is 1. The standard InChI is InChI=1S/C7H12N2O2S/c1-9-3-7(2-8-9)12-5-6(11)4-10/h2-3,6,10-11H,4-5H2,1H3. The summed E-state index contributed by atoms with van der Waals surface area (Å²) in [6.07, 6.45) is 2.96. The number of aryl methyl sites for hydroxylation is 1. The van der Waals surface area contributed by atoms with Gasteiger partial charge in [0.2, 0.25) is 0 Å². The molecule has 4 nitrogen and oxygen atoms in total. The van der Waals surface area contributed by atoms with Crippen LogP contribution >= 0.6 is 11.8 Å². The van der Waals surface area contributed by atoms with Gasteiger partial charge >= 0.3 is 0 Å². The van der Waals surface area contributed by atoms with Crippen molar-refractivity contribution < 1.29 is 10.2 Å². The van der Waals surface area contributed by atoms with Crippen molar-refractivity contribution in [2.24, 2.45) is 7.05 Å². The first-order valence-corrected chi connectivity index (χ1v) is 4.61. The van der Waals surface area contributed by atoms with Crippen LogP contribution in [0.15, 0.2) is 17.3 Å². The van der Waals surface area contributed by atoms with E-state index in [4.69, 9.17) is 10.2 Å². The number of aliphatic hydroxyl groups excluding tert-OH is 2. The van der Waals surface area contributed by atoms with Crippen LogP contribution in [0, 0.1) is 0 Å². The van der Waals surface area contributed by atoms with Crippen LogP contribution in [0.5, 0.6) is 0 Å². The maximum atomic E-state index is 9.03. The van der Waals surface area contributed by atoms with Crippen LogP contribution in [0.25, 0.3) is 0 Å². The molecule has 0 radical (unpaired) electrons. The fourth-order valence-corrected chi connectivity index (χ4v) is 1.56. The second kappa shape index (κ2) is 4.49. The Morgan fingerprint density at radius 2 is 2.50 bits per heavy atom. The quantitative estimate of drug-likeness (QED) is 0.646. The molecule has 1 atom stereocenters. The van der Waals surface area contributed by atoms with E-state index in [-0.39, 0.29) is 6.61 Å². The Balaban J connectivity index is 2.33. The topological polar surface area (TPSA) is 58.3 Å². The van der Waals surface area contributed by atoms with Gasteiger partial charge in [0.05, 0.1) is 18.9 Å². The maximum Gasteiger partial charge on any atom is 0.0864 e. The van der Waals surface area contributed by atoms with E-state index in [9.17, 15) is 0 Å². The molecule has 0 fully saturated rings. The molecule has 1 aromatic heterocycles. The van der Waals surface area contributed by atoms with E-state index in [1.807, 2.05) is 13.2 Å². The second-order valence-corrected chi connectivity index (χ2v) is 3.59. The zero-order chi connectivity index (χ0) is 8.97. The number of nitrogens with zero attached hydrogens (tertiary/aromatic N) is 2. The van der Waals surface area contributed by atoms with Gasteiger partial charge in [-0.3, -0.25) is 4.68 Å². The number of hydrogen-bond acceptors (Lipinski definition) is 4. The molecule has 1 aromatic rings. The highest BCUT2D eigenvalue weighted by Gasteiger charge is 2.03. The summed E-state index contributed by atoms with van der Waals surface area (Å²) >= 11 is 1.48. The van der Waals surface area contributed by atoms with E-state index < -0.39 is 6.10 Å². The molecule has 12 heavy (non-hydrogen) atoms. The number of aromatic nitrogens is 2. The van der Waals surface area contributed by atoms with Crippen molar-refractivity contribution in [2.45, 2.75) is 11.0 Å². The summed E-state index contributed by atoms with van der Waals surface area (Å²) in [5.41, 5.74) is 0. The SMILES string of the molecule is Cn1cc(SCC(O)CO)cn1. The average Bonchev–Trinajstić information content (AvgIpc) is 2.47. The van der Waals surface area contributed by atoms with Gasteiger partial charge in [-0.05, 0) is 0 Å². The van der Waals surface area contributed by atoms with Crippen molar-refractivity contribution in [3.63, 3.8) is 0 Å². The molecule has 1 rings (SSSR count). The lowest BCUT2D eigenvalue weighted by Gasteiger charge is -2.03. The lowest BCUT2D eigenvalue weighted by atomic mass is 10.4. The Bertz CT molecular complexity index is 239. The Morgan fingerprint density at radius 1 is 1.75 bits per heavy atom. The highest BCUT2D eigenvalue weighted by molar-refractivity contribution is 7.99. The van der Waals surface area contributed by atoms with Gasteiger partial charge in [0, 0.05) is 23.9 Å². The van der Waals surface area contributed by atoms with Crippen LogP contribution in [0.1, 0.15) is 0 Å². The van der Waals surface area contributed by atoms with Gasteiger partial charge in [0.1, 0.15) is 0 Å². The highest BCUT2D eigenvalue weighted by atomic mass is 32.2. The lowest BCUT2D eigenvalue weighted by molar-refractivity contribution is 0.113. The summed E-state index contributed by atoms with van der Waals surface area (Å²) in [5, 5.41) is 21.5. The number of rotatable bonds is 4. The van der Waals surface area contributed by atoms with Crippen molar-refractivity contribution in [3.8, 4) is 0 Å². The molecule has 0 aliphatic rings. The lowest BCUT2D eigenvalue weighted by Crippen LogP contribution is -2.14. The maximum absolute atomic E-state index is 9.03. The van der Waals surface area contributed by atoms with Gasteiger partial charge in [-0.15, -0.1) is 11.8 Å². The van der Waals surface area contributed by atoms with Crippen molar-refractivity contribution in [2.75, 3.05) is 12.4 Å². The van der Waals surface area contributed by atoms with Crippen molar-refractivity contribution >= 4 is 11.8 Å². The summed E-state index contributed by atoms with van der Waals surface area (Å²) in [6, 6.07) is 0. The van der Waals surface area contributed by atoms with E-state index in [1.54, 1.807) is 10.9 Å². The van der Waals surface area contributed by atoms with E-state index in [0.29, 0.717) is 5.75 Å². The van der Waals surface area contributed by atoms with Crippen LogP contribution in [-0.4, -0.2) is 38.5 Å². The first-order valence-electron chi connectivity index (χ1n) is 3.62. The molecule has 2 N–H and O–H groups in total. The van der Waals surface area contributed by atoms with Crippen LogP contribution in [0.3, 0.4) is 0 Å². The van der Waals surface area contributed by atoms with Gasteiger partial charge in [-0.25, -0.2) is 0 Å². The molecule has 5 heteroatoms. The molecule has 0 spiro atoms. The van der Waals surface area contributed by atoms with Crippen LogP contribution in [0.4, 0.5) is 0 Å². The third-order valence-electron chi connectivity index (χ3n) is 1.33. The Labute approximate surface area is 75.2 Å². The minimum absolute atomic E-state index is 0.187. The predicted octanol–water partition coefficient (Wildman–Crippen LogP) is -0.135. The van der Waals surface area contributed by atoms with E-state index in [1.165, 1.54) is 11.8 Å². The fraction of sp³-hybridized carbons (Fsp3) is 0.571. The van der Waals surface area contributed by atoms with Crippen molar-refractivity contribution in [1.29, 1.82) is 0 Å². The normalized spacial score (nSPS) is 13.2. The number of hydrogen-bond donors (Lipinski definition) is 2. The van der Waals surface area contributed by atoms with Gasteiger partial charge in [0.25, 0.3) is 0 Å². The Morgan fingerprint density at radius 3 is 3.00 bits per heavy atom. The first-order chi connectivity index (χ1) is 5.72. The molecule has 0 bridgehead atoms. The average molecular weight is 188 g/mol. The highest BCUT2D eigenvalue weighted by Crippen LogP contribution is 2.16. The molecular formula is C7H12N2O2S. The van der Waals surface area contributed by atoms with Crippen molar-refractivity contribution in [1.82, 2.24) is 9.78 Å². The van der Waals surface area contributed by atoms with Crippen LogP contribution < -0.4 is 0 Å². The predicted molar refractivity (Wildman–Crippen MR) is 47.0 cm³/mol. The monoisotopic (exact) mass is 188 g/mol. The third kappa shape index (κ3) is 2.84. The third-order valence-corrected chi connectivity index (χ3v) is 2.43. The molecule has 0 saturated heterocycles. The molecule has 0 aromatic carbocycles. The summed E-state index contributed by atoms with van der Waals surface area (Å²) < 4.78 is 1.70. The molecular weight excluding hydrogens is 176 g/mol. The summed E-state index contributed by atoms with van der Waals surface area (Å²) in [7, 11) is 1.84. The van der Waals surface area contributed by atoms with E-state index in [2.05, 4.69) is 5.10 Å². The Kier molecular flexibility index (Phi) is 3.58. The van der Waals surface area contributed by atoms with Crippen LogP contribution in [0.2, 0.25) is 0 Å². The van der Waals surface area contributed by atoms with Crippen LogP contribution in [-0.2, 0) is 7.05 Å². The molecule has 68 valence electrons. The zero-order valence-electron chi connectivity index (χ0n) is 6.84. The minimum atomic E-state index is -0.643. The van der Waals surface area contributed by atoms with Gasteiger partial charge in [-0.2, -0.15) is 5.10 Å². The summed E-state index contributed by atoms with van der Waals surface area (Å²) in [6.45, 7) is -0.187. The minimum Gasteiger partial charge on any atom is -0.394 e. The smallest absolute Gasteiger partial charge is 0.0864 e. The van der Waals surface area contributed by atoms with Gasteiger partial charge in [-0.1, -0.05) is 0 Å². The summed E-state index contributed by atoms with van der Waals surface area (Å²) in [5.74, 6) is 0.502. The first kappa shape index (κ1) is 9.57. The number of aliphatic hydroxyl groups is 2. The molecule has 0 aliphatic heterocycles. The van der Waals surface area contributed by atoms with E-state index >= 15 is 0 Å². The molecule has 0 amide bonds. The molecule has 1 unspecified atom stereocenters. The largest absolute Gasteiger partial charge is 0.394 e. The summed E-state index contributed by atoms with van der Waals surface area (Å²) in [4.78, 5) is 1.00. The van der Waals surface area contributed by atoms with E-state index in [0.717, 1.165) is 4.90 Å². The Hall–Kier alpha value is -0.520. The van der Waals surface area contributed by atoms with Gasteiger partial charge < -0.3 is 10.2 Å². The molecule has 0 aliphatic carbocycles. The van der Waals surface area contributed by atoms with Crippen molar-refractivity contribution in [3.05, 3.63) is 12.4 Å². The van der Waals surface area contributed by atoms with Gasteiger partial charge in [0.15, 0.2) is 0 Å². The molecule has 1 heterocycles.